The Morgan fingerprint density at radius 2 is 2.31 bits per heavy atom. The molecule has 0 saturated carbocycles. The number of carbonyl (C=O) groups excluding carboxylic acids is 1. The van der Waals surface area contributed by atoms with Gasteiger partial charge in [0.1, 0.15) is 17.9 Å². The van der Waals surface area contributed by atoms with Gasteiger partial charge >= 0.3 is 0 Å². The first-order valence-electron chi connectivity index (χ1n) is 4.48. The van der Waals surface area contributed by atoms with Gasteiger partial charge in [-0.25, -0.2) is 4.98 Å². The lowest BCUT2D eigenvalue weighted by atomic mass is 10.2. The molecule has 0 fully saturated rings. The number of benzene rings is 1. The first-order chi connectivity index (χ1) is 7.22. The molecule has 0 aliphatic carbocycles. The normalized spacial score (nSPS) is 10.1. The standard InChI is InChI=1S/C10H11N3O2.ClH/c1-15-5-8-12-7-4-2-3-6(10(11)14)9(7)13-8;/h2-4H,5H2,1H3,(H2,11,14)(H,12,13);1H. The summed E-state index contributed by atoms with van der Waals surface area (Å²) >= 11 is 0. The topological polar surface area (TPSA) is 81.0 Å². The monoisotopic (exact) mass is 241 g/mol. The van der Waals surface area contributed by atoms with Crippen LogP contribution < -0.4 is 5.73 Å². The highest BCUT2D eigenvalue weighted by Gasteiger charge is 2.10. The van der Waals surface area contributed by atoms with Crippen LogP contribution in [0.15, 0.2) is 18.2 Å². The molecule has 1 amide bonds. The van der Waals surface area contributed by atoms with Crippen LogP contribution in [0.5, 0.6) is 0 Å². The fourth-order valence-corrected chi connectivity index (χ4v) is 1.49. The number of ether oxygens (including phenoxy) is 1. The highest BCUT2D eigenvalue weighted by atomic mass is 35.5. The van der Waals surface area contributed by atoms with E-state index in [4.69, 9.17) is 10.5 Å². The number of nitrogens with one attached hydrogen (secondary N) is 1. The van der Waals surface area contributed by atoms with Gasteiger partial charge in [-0.3, -0.25) is 4.79 Å². The average molecular weight is 242 g/mol. The lowest BCUT2D eigenvalue weighted by Gasteiger charge is -1.94. The maximum absolute atomic E-state index is 11.1. The van der Waals surface area contributed by atoms with Gasteiger partial charge in [-0.15, -0.1) is 12.4 Å². The van der Waals surface area contributed by atoms with Crippen molar-refractivity contribution < 1.29 is 9.53 Å². The van der Waals surface area contributed by atoms with E-state index in [1.807, 2.05) is 6.07 Å². The molecule has 5 nitrogen and oxygen atoms in total. The third kappa shape index (κ3) is 2.15. The van der Waals surface area contributed by atoms with Gasteiger partial charge in [0.25, 0.3) is 5.91 Å². The molecule has 0 unspecified atom stereocenters. The number of nitrogens with two attached hydrogens (primary N) is 1. The number of carbonyl (C=O) groups is 1. The van der Waals surface area contributed by atoms with E-state index < -0.39 is 5.91 Å². The molecular formula is C10H12ClN3O2. The Morgan fingerprint density at radius 3 is 2.94 bits per heavy atom. The second-order valence-electron chi connectivity index (χ2n) is 3.18. The van der Waals surface area contributed by atoms with Crippen molar-refractivity contribution in [2.75, 3.05) is 7.11 Å². The van der Waals surface area contributed by atoms with Gasteiger partial charge in [-0.1, -0.05) is 6.07 Å². The number of imidazole rings is 1. The Kier molecular flexibility index (Phi) is 3.87. The van der Waals surface area contributed by atoms with Crippen molar-refractivity contribution in [1.29, 1.82) is 0 Å². The van der Waals surface area contributed by atoms with Crippen LogP contribution in [0.3, 0.4) is 0 Å². The van der Waals surface area contributed by atoms with E-state index in [1.165, 1.54) is 0 Å². The second-order valence-corrected chi connectivity index (χ2v) is 3.18. The second kappa shape index (κ2) is 4.96. The van der Waals surface area contributed by atoms with Crippen LogP contribution in [0, 0.1) is 0 Å². The number of para-hydroxylation sites is 1. The van der Waals surface area contributed by atoms with Crippen LogP contribution in [-0.2, 0) is 11.3 Å². The van der Waals surface area contributed by atoms with Crippen LogP contribution in [-0.4, -0.2) is 23.0 Å². The van der Waals surface area contributed by atoms with Crippen molar-refractivity contribution in [3.05, 3.63) is 29.6 Å². The fourth-order valence-electron chi connectivity index (χ4n) is 1.49. The summed E-state index contributed by atoms with van der Waals surface area (Å²) in [5.74, 6) is 0.206. The number of H-pyrrole nitrogens is 1. The van der Waals surface area contributed by atoms with Gasteiger partial charge in [0.2, 0.25) is 0 Å². The van der Waals surface area contributed by atoms with Gasteiger partial charge < -0.3 is 15.5 Å². The fraction of sp³-hybridized carbons (Fsp3) is 0.200. The number of aromatic nitrogens is 2. The van der Waals surface area contributed by atoms with Crippen LogP contribution in [0.2, 0.25) is 0 Å². The van der Waals surface area contributed by atoms with Crippen molar-refractivity contribution in [3.63, 3.8) is 0 Å². The minimum absolute atomic E-state index is 0. The number of aromatic amines is 1. The van der Waals surface area contributed by atoms with Crippen LogP contribution >= 0.6 is 12.4 Å². The van der Waals surface area contributed by atoms with Crippen molar-refractivity contribution in [3.8, 4) is 0 Å². The zero-order valence-corrected chi connectivity index (χ0v) is 9.50. The quantitative estimate of drug-likeness (QED) is 0.848. The molecule has 0 aliphatic rings. The van der Waals surface area contributed by atoms with Gasteiger partial charge in [-0.2, -0.15) is 0 Å². The lowest BCUT2D eigenvalue weighted by Crippen LogP contribution is -2.11. The summed E-state index contributed by atoms with van der Waals surface area (Å²) in [5, 5.41) is 0. The molecule has 0 bridgehead atoms. The van der Waals surface area contributed by atoms with Crippen LogP contribution in [0.1, 0.15) is 16.2 Å². The molecule has 1 aromatic heterocycles. The van der Waals surface area contributed by atoms with E-state index in [-0.39, 0.29) is 12.4 Å². The average Bonchev–Trinajstić information content (AvgIpc) is 2.59. The van der Waals surface area contributed by atoms with E-state index in [1.54, 1.807) is 19.2 Å². The van der Waals surface area contributed by atoms with Crippen molar-refractivity contribution in [2.45, 2.75) is 6.61 Å². The Labute approximate surface area is 98.4 Å². The Hall–Kier alpha value is -1.59. The molecule has 2 aromatic rings. The first-order valence-corrected chi connectivity index (χ1v) is 4.48. The third-order valence-electron chi connectivity index (χ3n) is 2.11. The molecule has 1 aromatic carbocycles. The van der Waals surface area contributed by atoms with Gasteiger partial charge in [0.05, 0.1) is 11.1 Å². The largest absolute Gasteiger partial charge is 0.377 e. The molecule has 0 atom stereocenters. The minimum Gasteiger partial charge on any atom is -0.377 e. The summed E-state index contributed by atoms with van der Waals surface area (Å²) in [6.07, 6.45) is 0. The Balaban J connectivity index is 0.00000128. The summed E-state index contributed by atoms with van der Waals surface area (Å²) in [4.78, 5) is 18.4. The van der Waals surface area contributed by atoms with E-state index in [0.29, 0.717) is 23.5 Å². The number of hydrogen-bond donors (Lipinski definition) is 2. The molecule has 2 rings (SSSR count). The summed E-state index contributed by atoms with van der Waals surface area (Å²) in [5.41, 5.74) is 7.05. The Morgan fingerprint density at radius 1 is 1.56 bits per heavy atom. The molecule has 0 radical (unpaired) electrons. The first kappa shape index (κ1) is 12.5. The molecule has 1 heterocycles. The number of primary amides is 1. The molecule has 3 N–H and O–H groups in total. The van der Waals surface area contributed by atoms with E-state index in [9.17, 15) is 4.79 Å². The van der Waals surface area contributed by atoms with Crippen LogP contribution in [0.25, 0.3) is 11.0 Å². The predicted octanol–water partition coefficient (Wildman–Crippen LogP) is 1.23. The highest BCUT2D eigenvalue weighted by molar-refractivity contribution is 6.03. The molecule has 16 heavy (non-hydrogen) atoms. The third-order valence-corrected chi connectivity index (χ3v) is 2.11. The maximum atomic E-state index is 11.1. The molecular weight excluding hydrogens is 230 g/mol. The minimum atomic E-state index is -0.476. The summed E-state index contributed by atoms with van der Waals surface area (Å²) in [7, 11) is 1.59. The number of nitrogens with zero attached hydrogens (tertiary/aromatic N) is 1. The molecule has 0 saturated heterocycles. The van der Waals surface area contributed by atoms with Gasteiger partial charge in [0.15, 0.2) is 0 Å². The van der Waals surface area contributed by atoms with Crippen molar-refractivity contribution in [1.82, 2.24) is 9.97 Å². The molecule has 0 aliphatic heterocycles. The SMILES string of the molecule is COCc1nc2c(C(N)=O)cccc2[nH]1.Cl. The summed E-state index contributed by atoms with van der Waals surface area (Å²) in [6.45, 7) is 0.382. The number of methoxy groups -OCH3 is 1. The zero-order chi connectivity index (χ0) is 10.8. The number of amides is 1. The summed E-state index contributed by atoms with van der Waals surface area (Å²) in [6, 6.07) is 5.26. The van der Waals surface area contributed by atoms with E-state index >= 15 is 0 Å². The number of hydrogen-bond acceptors (Lipinski definition) is 3. The predicted molar refractivity (Wildman–Crippen MR) is 62.6 cm³/mol. The van der Waals surface area contributed by atoms with Gasteiger partial charge in [0, 0.05) is 7.11 Å². The van der Waals surface area contributed by atoms with Crippen LogP contribution in [0.4, 0.5) is 0 Å². The smallest absolute Gasteiger partial charge is 0.250 e. The Bertz CT molecular complexity index is 510. The molecule has 86 valence electrons. The van der Waals surface area contributed by atoms with E-state index in [2.05, 4.69) is 9.97 Å². The van der Waals surface area contributed by atoms with Crippen molar-refractivity contribution in [2.24, 2.45) is 5.73 Å². The molecule has 0 spiro atoms. The summed E-state index contributed by atoms with van der Waals surface area (Å²) < 4.78 is 4.95. The van der Waals surface area contributed by atoms with E-state index in [0.717, 1.165) is 5.52 Å². The van der Waals surface area contributed by atoms with Gasteiger partial charge in [-0.05, 0) is 12.1 Å². The number of rotatable bonds is 3. The highest BCUT2D eigenvalue weighted by Crippen LogP contribution is 2.16. The number of halogens is 1. The number of fused-ring (bicyclic) bond motifs is 1. The maximum Gasteiger partial charge on any atom is 0.250 e. The van der Waals surface area contributed by atoms with Crippen molar-refractivity contribution >= 4 is 29.3 Å². The lowest BCUT2D eigenvalue weighted by molar-refractivity contribution is 0.100. The molecule has 6 heteroatoms. The zero-order valence-electron chi connectivity index (χ0n) is 8.69.